The molecule has 1 aliphatic rings. The molecule has 1 aromatic carbocycles. The predicted octanol–water partition coefficient (Wildman–Crippen LogP) is 2.59. The van der Waals surface area contributed by atoms with Gasteiger partial charge >= 0.3 is 0 Å². The van der Waals surface area contributed by atoms with E-state index in [2.05, 4.69) is 6.58 Å². The van der Waals surface area contributed by atoms with Gasteiger partial charge in [0, 0.05) is 37.2 Å². The van der Waals surface area contributed by atoms with Crippen molar-refractivity contribution >= 4 is 11.8 Å². The quantitative estimate of drug-likeness (QED) is 0.758. The Balaban J connectivity index is 2.04. The van der Waals surface area contributed by atoms with Gasteiger partial charge in [0.25, 0.3) is 5.91 Å². The van der Waals surface area contributed by atoms with E-state index in [0.29, 0.717) is 49.8 Å². The summed E-state index contributed by atoms with van der Waals surface area (Å²) < 4.78 is 10.8. The summed E-state index contributed by atoms with van der Waals surface area (Å²) in [5, 5.41) is 0. The number of methoxy groups -OCH3 is 1. The monoisotopic (exact) mass is 360 g/mol. The number of carbonyl (C=O) groups excluding carboxylic acids is 2. The lowest BCUT2D eigenvalue weighted by atomic mass is 9.94. The van der Waals surface area contributed by atoms with Gasteiger partial charge in [-0.2, -0.15) is 0 Å². The summed E-state index contributed by atoms with van der Waals surface area (Å²) in [6.07, 6.45) is 1.65. The molecule has 0 atom stereocenters. The van der Waals surface area contributed by atoms with Gasteiger partial charge in [0.1, 0.15) is 6.61 Å². The third-order valence-corrected chi connectivity index (χ3v) is 4.26. The van der Waals surface area contributed by atoms with E-state index in [4.69, 9.17) is 9.47 Å². The van der Waals surface area contributed by atoms with Crippen LogP contribution in [-0.4, -0.2) is 61.5 Å². The minimum absolute atomic E-state index is 0.0681. The SMILES string of the molecule is C=CCOc1ccc(C(=O)N2CCN(C(=O)C(C)(C)C)CC2)cc1OC. The number of nitrogens with zero attached hydrogens (tertiary/aromatic N) is 2. The molecule has 0 aliphatic carbocycles. The number of hydrogen-bond donors (Lipinski definition) is 0. The summed E-state index contributed by atoms with van der Waals surface area (Å²) in [6, 6.07) is 5.15. The fraction of sp³-hybridized carbons (Fsp3) is 0.500. The fourth-order valence-corrected chi connectivity index (χ4v) is 2.84. The molecule has 2 amide bonds. The maximum atomic E-state index is 12.8. The Hall–Kier alpha value is -2.50. The summed E-state index contributed by atoms with van der Waals surface area (Å²) in [5.41, 5.74) is 0.143. The molecule has 0 radical (unpaired) electrons. The Morgan fingerprint density at radius 3 is 2.27 bits per heavy atom. The molecule has 1 aliphatic heterocycles. The lowest BCUT2D eigenvalue weighted by molar-refractivity contribution is -0.140. The molecule has 1 heterocycles. The summed E-state index contributed by atoms with van der Waals surface area (Å²) in [6.45, 7) is 11.9. The topological polar surface area (TPSA) is 59.1 Å². The van der Waals surface area contributed by atoms with Crippen molar-refractivity contribution in [1.82, 2.24) is 9.80 Å². The van der Waals surface area contributed by atoms with Crippen LogP contribution in [0.1, 0.15) is 31.1 Å². The van der Waals surface area contributed by atoms with Crippen molar-refractivity contribution in [2.75, 3.05) is 39.9 Å². The van der Waals surface area contributed by atoms with Crippen molar-refractivity contribution < 1.29 is 19.1 Å². The number of amides is 2. The maximum absolute atomic E-state index is 12.8. The first-order valence-electron chi connectivity index (χ1n) is 8.78. The van der Waals surface area contributed by atoms with Gasteiger partial charge in [-0.1, -0.05) is 33.4 Å². The van der Waals surface area contributed by atoms with E-state index in [9.17, 15) is 9.59 Å². The fourth-order valence-electron chi connectivity index (χ4n) is 2.84. The minimum atomic E-state index is -0.402. The van der Waals surface area contributed by atoms with Gasteiger partial charge in [0.15, 0.2) is 11.5 Å². The van der Waals surface area contributed by atoms with E-state index in [-0.39, 0.29) is 11.8 Å². The first-order valence-corrected chi connectivity index (χ1v) is 8.78. The van der Waals surface area contributed by atoms with Crippen molar-refractivity contribution in [3.8, 4) is 11.5 Å². The molecule has 0 aromatic heterocycles. The first-order chi connectivity index (χ1) is 12.3. The third-order valence-electron chi connectivity index (χ3n) is 4.26. The highest BCUT2D eigenvalue weighted by atomic mass is 16.5. The molecule has 6 nitrogen and oxygen atoms in total. The zero-order valence-corrected chi connectivity index (χ0v) is 16.1. The molecule has 26 heavy (non-hydrogen) atoms. The van der Waals surface area contributed by atoms with Gasteiger partial charge in [-0.25, -0.2) is 0 Å². The van der Waals surface area contributed by atoms with Crippen molar-refractivity contribution in [1.29, 1.82) is 0 Å². The van der Waals surface area contributed by atoms with Crippen LogP contribution in [0.3, 0.4) is 0 Å². The molecule has 0 unspecified atom stereocenters. The maximum Gasteiger partial charge on any atom is 0.254 e. The second-order valence-electron chi connectivity index (χ2n) is 7.30. The molecular formula is C20H28N2O4. The van der Waals surface area contributed by atoms with Gasteiger partial charge in [-0.3, -0.25) is 9.59 Å². The standard InChI is InChI=1S/C20H28N2O4/c1-6-13-26-16-8-7-15(14-17(16)25-5)18(23)21-9-11-22(12-10-21)19(24)20(2,3)4/h6-8,14H,1,9-13H2,2-5H3. The average Bonchev–Trinajstić information content (AvgIpc) is 2.64. The van der Waals surface area contributed by atoms with Crippen LogP contribution in [0.15, 0.2) is 30.9 Å². The molecule has 1 aromatic rings. The molecule has 2 rings (SSSR count). The molecule has 0 spiro atoms. The van der Waals surface area contributed by atoms with E-state index < -0.39 is 5.41 Å². The predicted molar refractivity (Wildman–Crippen MR) is 101 cm³/mol. The number of piperazine rings is 1. The number of rotatable bonds is 5. The zero-order chi connectivity index (χ0) is 19.3. The van der Waals surface area contributed by atoms with Crippen LogP contribution in [0.4, 0.5) is 0 Å². The Labute approximate surface area is 155 Å². The Morgan fingerprint density at radius 2 is 1.73 bits per heavy atom. The van der Waals surface area contributed by atoms with Crippen molar-refractivity contribution in [2.24, 2.45) is 5.41 Å². The average molecular weight is 360 g/mol. The van der Waals surface area contributed by atoms with Crippen molar-refractivity contribution in [3.05, 3.63) is 36.4 Å². The largest absolute Gasteiger partial charge is 0.493 e. The molecule has 0 saturated carbocycles. The van der Waals surface area contributed by atoms with Crippen LogP contribution < -0.4 is 9.47 Å². The summed E-state index contributed by atoms with van der Waals surface area (Å²) in [7, 11) is 1.54. The highest BCUT2D eigenvalue weighted by Crippen LogP contribution is 2.29. The number of benzene rings is 1. The normalized spacial score (nSPS) is 14.8. The molecule has 1 saturated heterocycles. The van der Waals surface area contributed by atoms with E-state index in [1.165, 1.54) is 0 Å². The van der Waals surface area contributed by atoms with Gasteiger partial charge < -0.3 is 19.3 Å². The lowest BCUT2D eigenvalue weighted by Crippen LogP contribution is -2.53. The van der Waals surface area contributed by atoms with Crippen molar-refractivity contribution in [2.45, 2.75) is 20.8 Å². The Kier molecular flexibility index (Phi) is 6.29. The highest BCUT2D eigenvalue weighted by Gasteiger charge is 2.31. The molecular weight excluding hydrogens is 332 g/mol. The molecule has 0 N–H and O–H groups in total. The molecule has 1 fully saturated rings. The molecule has 0 bridgehead atoms. The minimum Gasteiger partial charge on any atom is -0.493 e. The van der Waals surface area contributed by atoms with Gasteiger partial charge in [0.05, 0.1) is 7.11 Å². The lowest BCUT2D eigenvalue weighted by Gasteiger charge is -2.37. The summed E-state index contributed by atoms with van der Waals surface area (Å²) in [5.74, 6) is 1.14. The zero-order valence-electron chi connectivity index (χ0n) is 16.1. The molecule has 6 heteroatoms. The van der Waals surface area contributed by atoms with Crippen LogP contribution >= 0.6 is 0 Å². The second kappa shape index (κ2) is 8.25. The Morgan fingerprint density at radius 1 is 1.12 bits per heavy atom. The third kappa shape index (κ3) is 4.56. The van der Waals surface area contributed by atoms with Gasteiger partial charge in [-0.15, -0.1) is 0 Å². The second-order valence-corrected chi connectivity index (χ2v) is 7.30. The van der Waals surface area contributed by atoms with E-state index in [0.717, 1.165) is 0 Å². The number of hydrogen-bond acceptors (Lipinski definition) is 4. The van der Waals surface area contributed by atoms with Crippen LogP contribution in [0.2, 0.25) is 0 Å². The van der Waals surface area contributed by atoms with Gasteiger partial charge in [0.2, 0.25) is 5.91 Å². The van der Waals surface area contributed by atoms with Crippen LogP contribution in [0.5, 0.6) is 11.5 Å². The van der Waals surface area contributed by atoms with Crippen molar-refractivity contribution in [3.63, 3.8) is 0 Å². The van der Waals surface area contributed by atoms with E-state index >= 15 is 0 Å². The molecule has 142 valence electrons. The van der Waals surface area contributed by atoms with Crippen LogP contribution in [-0.2, 0) is 4.79 Å². The number of carbonyl (C=O) groups is 2. The van der Waals surface area contributed by atoms with Crippen LogP contribution in [0.25, 0.3) is 0 Å². The van der Waals surface area contributed by atoms with Crippen LogP contribution in [0, 0.1) is 5.41 Å². The summed E-state index contributed by atoms with van der Waals surface area (Å²) in [4.78, 5) is 28.7. The van der Waals surface area contributed by atoms with Gasteiger partial charge in [-0.05, 0) is 18.2 Å². The first kappa shape index (κ1) is 19.8. The number of ether oxygens (including phenoxy) is 2. The summed E-state index contributed by atoms with van der Waals surface area (Å²) >= 11 is 0. The van der Waals surface area contributed by atoms with E-state index in [1.54, 1.807) is 36.3 Å². The van der Waals surface area contributed by atoms with E-state index in [1.807, 2.05) is 25.7 Å². The highest BCUT2D eigenvalue weighted by molar-refractivity contribution is 5.95. The smallest absolute Gasteiger partial charge is 0.254 e. The Bertz CT molecular complexity index is 671.